The Labute approximate surface area is 160 Å². The average Bonchev–Trinajstić information content (AvgIpc) is 2.66. The maximum atomic E-state index is 12.1. The van der Waals surface area contributed by atoms with Gasteiger partial charge in [-0.2, -0.15) is 0 Å². The van der Waals surface area contributed by atoms with E-state index in [0.29, 0.717) is 10.8 Å². The number of ether oxygens (including phenoxy) is 2. The lowest BCUT2D eigenvalue weighted by atomic mass is 10.2. The van der Waals surface area contributed by atoms with Crippen molar-refractivity contribution in [3.63, 3.8) is 0 Å². The van der Waals surface area contributed by atoms with E-state index < -0.39 is 22.8 Å². The van der Waals surface area contributed by atoms with E-state index in [1.54, 1.807) is 24.3 Å². The van der Waals surface area contributed by atoms with Crippen LogP contribution in [-0.4, -0.2) is 36.1 Å². The molecule has 0 saturated carbocycles. The number of hydrogen-bond donors (Lipinski definition) is 1. The van der Waals surface area contributed by atoms with Gasteiger partial charge in [0.05, 0.1) is 4.92 Å². The molecule has 142 valence electrons. The Morgan fingerprint density at radius 1 is 1.19 bits per heavy atom. The van der Waals surface area contributed by atoms with E-state index in [9.17, 15) is 19.7 Å². The van der Waals surface area contributed by atoms with E-state index in [4.69, 9.17) is 21.1 Å². The minimum atomic E-state index is -0.924. The largest absolute Gasteiger partial charge is 0.490 e. The van der Waals surface area contributed by atoms with Crippen molar-refractivity contribution in [2.45, 2.75) is 13.0 Å². The van der Waals surface area contributed by atoms with E-state index in [1.807, 2.05) is 0 Å². The fourth-order valence-electron chi connectivity index (χ4n) is 2.06. The zero-order valence-corrected chi connectivity index (χ0v) is 15.1. The summed E-state index contributed by atoms with van der Waals surface area (Å²) in [5.41, 5.74) is -0.132. The first-order chi connectivity index (χ1) is 12.9. The highest BCUT2D eigenvalue weighted by Crippen LogP contribution is 2.15. The molecule has 0 spiro atoms. The predicted molar refractivity (Wildman–Crippen MR) is 97.9 cm³/mol. The quantitative estimate of drug-likeness (QED) is 0.320. The Hall–Kier alpha value is -3.13. The van der Waals surface area contributed by atoms with Gasteiger partial charge in [0.15, 0.2) is 0 Å². The van der Waals surface area contributed by atoms with Crippen LogP contribution in [0.3, 0.4) is 0 Å². The molecule has 27 heavy (non-hydrogen) atoms. The van der Waals surface area contributed by atoms with Gasteiger partial charge in [0.1, 0.15) is 25.0 Å². The number of halogens is 1. The number of nitro benzene ring substituents is 1. The number of non-ortho nitro benzene ring substituents is 1. The third-order valence-electron chi connectivity index (χ3n) is 3.43. The Morgan fingerprint density at radius 3 is 2.56 bits per heavy atom. The number of benzene rings is 2. The van der Waals surface area contributed by atoms with Gasteiger partial charge >= 0.3 is 5.97 Å². The topological polar surface area (TPSA) is 108 Å². The van der Waals surface area contributed by atoms with Crippen LogP contribution in [0.5, 0.6) is 5.75 Å². The Kier molecular flexibility index (Phi) is 7.13. The summed E-state index contributed by atoms with van der Waals surface area (Å²) in [5.74, 6) is -0.670. The molecule has 0 radical (unpaired) electrons. The second-order valence-electron chi connectivity index (χ2n) is 5.47. The van der Waals surface area contributed by atoms with Crippen LogP contribution in [0, 0.1) is 10.1 Å². The van der Waals surface area contributed by atoms with Crippen molar-refractivity contribution in [3.05, 3.63) is 69.2 Å². The molecular formula is C18H17ClN2O6. The number of carbonyl (C=O) groups excluding carboxylic acids is 2. The van der Waals surface area contributed by atoms with Crippen molar-refractivity contribution >= 4 is 29.2 Å². The summed E-state index contributed by atoms with van der Waals surface area (Å²) >= 11 is 5.77. The Morgan fingerprint density at radius 2 is 1.89 bits per heavy atom. The number of amides is 1. The fraction of sp³-hybridized carbons (Fsp3) is 0.222. The number of esters is 1. The number of nitro groups is 1. The summed E-state index contributed by atoms with van der Waals surface area (Å²) in [6.07, 6.45) is 0. The van der Waals surface area contributed by atoms with Gasteiger partial charge in [-0.15, -0.1) is 0 Å². The summed E-state index contributed by atoms with van der Waals surface area (Å²) in [5, 5.41) is 13.8. The molecule has 0 heterocycles. The molecule has 0 aliphatic rings. The van der Waals surface area contributed by atoms with E-state index in [1.165, 1.54) is 25.1 Å². The van der Waals surface area contributed by atoms with E-state index in [0.717, 1.165) is 6.07 Å². The number of carbonyl (C=O) groups is 2. The SMILES string of the molecule is CC(NC(=O)c1cccc([N+](=O)[O-])c1)C(=O)OCCOc1ccc(Cl)cc1. The molecule has 0 aliphatic carbocycles. The van der Waals surface area contributed by atoms with Gasteiger partial charge < -0.3 is 14.8 Å². The lowest BCUT2D eigenvalue weighted by molar-refractivity contribution is -0.384. The predicted octanol–water partition coefficient (Wildman–Crippen LogP) is 2.99. The molecule has 1 amide bonds. The minimum absolute atomic E-state index is 0.00151. The van der Waals surface area contributed by atoms with Gasteiger partial charge in [-0.25, -0.2) is 4.79 Å². The first-order valence-corrected chi connectivity index (χ1v) is 8.35. The summed E-state index contributed by atoms with van der Waals surface area (Å²) < 4.78 is 10.4. The van der Waals surface area contributed by atoms with Crippen LogP contribution in [-0.2, 0) is 9.53 Å². The fourth-order valence-corrected chi connectivity index (χ4v) is 2.18. The van der Waals surface area contributed by atoms with Crippen molar-refractivity contribution in [1.29, 1.82) is 0 Å². The molecule has 0 aliphatic heterocycles. The number of hydrogen-bond acceptors (Lipinski definition) is 6. The highest BCUT2D eigenvalue weighted by atomic mass is 35.5. The van der Waals surface area contributed by atoms with Gasteiger partial charge in [0, 0.05) is 22.7 Å². The molecule has 1 atom stereocenters. The van der Waals surface area contributed by atoms with E-state index in [2.05, 4.69) is 5.32 Å². The van der Waals surface area contributed by atoms with E-state index in [-0.39, 0.29) is 24.5 Å². The van der Waals surface area contributed by atoms with Crippen LogP contribution >= 0.6 is 11.6 Å². The molecule has 0 bridgehead atoms. The van der Waals surface area contributed by atoms with Crippen molar-refractivity contribution in [3.8, 4) is 5.75 Å². The first kappa shape index (κ1) is 20.2. The second-order valence-corrected chi connectivity index (χ2v) is 5.91. The zero-order valence-electron chi connectivity index (χ0n) is 14.4. The normalized spacial score (nSPS) is 11.3. The third kappa shape index (κ3) is 6.27. The van der Waals surface area contributed by atoms with Gasteiger partial charge in [-0.1, -0.05) is 17.7 Å². The van der Waals surface area contributed by atoms with Gasteiger partial charge in [-0.3, -0.25) is 14.9 Å². The monoisotopic (exact) mass is 392 g/mol. The van der Waals surface area contributed by atoms with Crippen molar-refractivity contribution in [2.24, 2.45) is 0 Å². The lowest BCUT2D eigenvalue weighted by Gasteiger charge is -2.14. The maximum absolute atomic E-state index is 12.1. The summed E-state index contributed by atoms with van der Waals surface area (Å²) in [6.45, 7) is 1.59. The molecular weight excluding hydrogens is 376 g/mol. The van der Waals surface area contributed by atoms with Gasteiger partial charge in [0.2, 0.25) is 0 Å². The molecule has 9 heteroatoms. The van der Waals surface area contributed by atoms with Crippen molar-refractivity contribution in [1.82, 2.24) is 5.32 Å². The Bertz CT molecular complexity index is 825. The van der Waals surface area contributed by atoms with Crippen LogP contribution in [0.2, 0.25) is 5.02 Å². The van der Waals surface area contributed by atoms with Gasteiger partial charge in [0.25, 0.3) is 11.6 Å². The number of nitrogens with zero attached hydrogens (tertiary/aromatic N) is 1. The molecule has 2 rings (SSSR count). The van der Waals surface area contributed by atoms with Crippen LogP contribution < -0.4 is 10.1 Å². The molecule has 0 fully saturated rings. The summed E-state index contributed by atoms with van der Waals surface area (Å²) in [7, 11) is 0. The van der Waals surface area contributed by atoms with E-state index >= 15 is 0 Å². The second kappa shape index (κ2) is 9.54. The molecule has 0 aromatic heterocycles. The van der Waals surface area contributed by atoms with Crippen LogP contribution in [0.1, 0.15) is 17.3 Å². The number of nitrogens with one attached hydrogen (secondary N) is 1. The average molecular weight is 393 g/mol. The third-order valence-corrected chi connectivity index (χ3v) is 3.68. The standard InChI is InChI=1S/C18H17ClN2O6/c1-12(20-17(22)13-3-2-4-15(11-13)21(24)25)18(23)27-10-9-26-16-7-5-14(19)6-8-16/h2-8,11-12H,9-10H2,1H3,(H,20,22). The van der Waals surface area contributed by atoms with Gasteiger partial charge in [-0.05, 0) is 37.3 Å². The molecule has 2 aromatic rings. The molecule has 2 aromatic carbocycles. The molecule has 8 nitrogen and oxygen atoms in total. The van der Waals surface area contributed by atoms with Crippen LogP contribution in [0.25, 0.3) is 0 Å². The van der Waals surface area contributed by atoms with Crippen LogP contribution in [0.4, 0.5) is 5.69 Å². The highest BCUT2D eigenvalue weighted by molar-refractivity contribution is 6.30. The number of rotatable bonds is 8. The van der Waals surface area contributed by atoms with Crippen LogP contribution in [0.15, 0.2) is 48.5 Å². The molecule has 0 saturated heterocycles. The molecule has 1 unspecified atom stereocenters. The Balaban J connectivity index is 1.77. The maximum Gasteiger partial charge on any atom is 0.328 e. The first-order valence-electron chi connectivity index (χ1n) is 7.97. The summed E-state index contributed by atoms with van der Waals surface area (Å²) in [4.78, 5) is 34.2. The lowest BCUT2D eigenvalue weighted by Crippen LogP contribution is -2.40. The molecule has 1 N–H and O–H groups in total. The summed E-state index contributed by atoms with van der Waals surface area (Å²) in [6, 6.07) is 11.0. The smallest absolute Gasteiger partial charge is 0.328 e. The minimum Gasteiger partial charge on any atom is -0.490 e. The van der Waals surface area contributed by atoms with Crippen molar-refractivity contribution < 1.29 is 24.0 Å². The van der Waals surface area contributed by atoms with Crippen molar-refractivity contribution in [2.75, 3.05) is 13.2 Å². The highest BCUT2D eigenvalue weighted by Gasteiger charge is 2.19. The zero-order chi connectivity index (χ0) is 19.8.